The van der Waals surface area contributed by atoms with E-state index >= 15 is 0 Å². The van der Waals surface area contributed by atoms with Crippen molar-refractivity contribution in [3.8, 4) is 0 Å². The predicted octanol–water partition coefficient (Wildman–Crippen LogP) is 1.63. The molecule has 90 valence electrons. The molecular formula is C13H21NO2. The number of hydrogen-bond acceptors (Lipinski definition) is 3. The molecule has 2 aliphatic heterocycles. The van der Waals surface area contributed by atoms with Crippen LogP contribution in [0.1, 0.15) is 26.2 Å². The van der Waals surface area contributed by atoms with Gasteiger partial charge in [0.05, 0.1) is 6.10 Å². The molecule has 16 heavy (non-hydrogen) atoms. The van der Waals surface area contributed by atoms with Crippen LogP contribution in [0.5, 0.6) is 0 Å². The minimum atomic E-state index is 0.215. The van der Waals surface area contributed by atoms with Crippen molar-refractivity contribution in [1.29, 1.82) is 0 Å². The number of carbonyl (C=O) groups excluding carboxylic acids is 1. The number of fused-ring (bicyclic) bond motifs is 2. The normalized spacial score (nSPS) is 30.8. The molecule has 0 radical (unpaired) electrons. The van der Waals surface area contributed by atoms with Crippen LogP contribution in [-0.4, -0.2) is 43.0 Å². The van der Waals surface area contributed by atoms with Crippen molar-refractivity contribution in [2.24, 2.45) is 5.92 Å². The summed E-state index contributed by atoms with van der Waals surface area (Å²) in [6, 6.07) is 0. The number of nitrogens with zero attached hydrogens (tertiary/aromatic N) is 1. The van der Waals surface area contributed by atoms with Crippen molar-refractivity contribution in [1.82, 2.24) is 4.90 Å². The summed E-state index contributed by atoms with van der Waals surface area (Å²) in [5.41, 5.74) is 0. The van der Waals surface area contributed by atoms with Gasteiger partial charge in [0.15, 0.2) is 5.78 Å². The molecule has 2 heterocycles. The highest BCUT2D eigenvalue weighted by Crippen LogP contribution is 2.26. The molecule has 2 rings (SSSR count). The Labute approximate surface area is 97.5 Å². The van der Waals surface area contributed by atoms with Crippen molar-refractivity contribution in [2.75, 3.05) is 26.2 Å². The van der Waals surface area contributed by atoms with Crippen LogP contribution in [0.3, 0.4) is 0 Å². The van der Waals surface area contributed by atoms with Crippen molar-refractivity contribution >= 4 is 5.78 Å². The zero-order valence-electron chi connectivity index (χ0n) is 10.0. The van der Waals surface area contributed by atoms with Gasteiger partial charge in [-0.2, -0.15) is 0 Å². The van der Waals surface area contributed by atoms with E-state index in [4.69, 9.17) is 4.74 Å². The molecule has 2 aliphatic rings. The number of hydrogen-bond donors (Lipinski definition) is 0. The summed E-state index contributed by atoms with van der Waals surface area (Å²) < 4.78 is 5.70. The standard InChI is InChI=1S/C13H21NO2/c1-2-12(15)4-3-6-14-7-5-11-8-13(9-14)16-10-11/h3-4,11,13H,2,5-10H2,1H3/b4-3+. The summed E-state index contributed by atoms with van der Waals surface area (Å²) in [6.07, 6.45) is 7.21. The van der Waals surface area contributed by atoms with Gasteiger partial charge < -0.3 is 4.74 Å². The van der Waals surface area contributed by atoms with Crippen LogP contribution in [0.2, 0.25) is 0 Å². The molecule has 3 heteroatoms. The fraction of sp³-hybridized carbons (Fsp3) is 0.769. The van der Waals surface area contributed by atoms with E-state index in [1.807, 2.05) is 13.0 Å². The highest BCUT2D eigenvalue weighted by Gasteiger charge is 2.30. The van der Waals surface area contributed by atoms with Gasteiger partial charge in [-0.3, -0.25) is 9.69 Å². The Kier molecular flexibility index (Phi) is 4.13. The second kappa shape index (κ2) is 5.60. The average molecular weight is 223 g/mol. The van der Waals surface area contributed by atoms with Crippen molar-refractivity contribution in [2.45, 2.75) is 32.3 Å². The van der Waals surface area contributed by atoms with Gasteiger partial charge in [0.2, 0.25) is 0 Å². The Bertz CT molecular complexity index is 275. The topological polar surface area (TPSA) is 29.5 Å². The molecule has 2 unspecified atom stereocenters. The lowest BCUT2D eigenvalue weighted by Gasteiger charge is -2.23. The van der Waals surface area contributed by atoms with Crippen molar-refractivity contribution < 1.29 is 9.53 Å². The third kappa shape index (κ3) is 3.16. The van der Waals surface area contributed by atoms with E-state index in [0.29, 0.717) is 12.5 Å². The summed E-state index contributed by atoms with van der Waals surface area (Å²) in [5, 5.41) is 0. The van der Waals surface area contributed by atoms with Gasteiger partial charge in [-0.25, -0.2) is 0 Å². The molecule has 0 N–H and O–H groups in total. The van der Waals surface area contributed by atoms with Crippen LogP contribution in [0.25, 0.3) is 0 Å². The lowest BCUT2D eigenvalue weighted by Crippen LogP contribution is -2.32. The number of rotatable bonds is 4. The maximum Gasteiger partial charge on any atom is 0.155 e. The smallest absolute Gasteiger partial charge is 0.155 e. The maximum atomic E-state index is 11.1. The summed E-state index contributed by atoms with van der Waals surface area (Å²) >= 11 is 0. The average Bonchev–Trinajstić information content (AvgIpc) is 2.61. The van der Waals surface area contributed by atoms with Crippen LogP contribution in [-0.2, 0) is 9.53 Å². The van der Waals surface area contributed by atoms with E-state index in [-0.39, 0.29) is 5.78 Å². The minimum Gasteiger partial charge on any atom is -0.377 e. The molecule has 0 aromatic heterocycles. The molecule has 0 aromatic rings. The molecule has 2 bridgehead atoms. The number of ketones is 1. The lowest BCUT2D eigenvalue weighted by molar-refractivity contribution is -0.114. The van der Waals surface area contributed by atoms with Gasteiger partial charge >= 0.3 is 0 Å². The molecule has 2 atom stereocenters. The first-order chi connectivity index (χ1) is 7.78. The minimum absolute atomic E-state index is 0.215. The fourth-order valence-corrected chi connectivity index (χ4v) is 2.47. The Morgan fingerprint density at radius 3 is 3.25 bits per heavy atom. The highest BCUT2D eigenvalue weighted by molar-refractivity contribution is 5.89. The number of carbonyl (C=O) groups is 1. The Morgan fingerprint density at radius 2 is 2.44 bits per heavy atom. The van der Waals surface area contributed by atoms with Gasteiger partial charge in [-0.05, 0) is 31.4 Å². The first-order valence-electron chi connectivity index (χ1n) is 6.31. The number of likely N-dealkylation sites (tertiary alicyclic amines) is 1. The van der Waals surface area contributed by atoms with Gasteiger partial charge in [0, 0.05) is 26.1 Å². The largest absolute Gasteiger partial charge is 0.377 e. The third-order valence-electron chi connectivity index (χ3n) is 3.50. The van der Waals surface area contributed by atoms with Gasteiger partial charge in [0.25, 0.3) is 0 Å². The lowest BCUT2D eigenvalue weighted by atomic mass is 10.0. The quantitative estimate of drug-likeness (QED) is 0.678. The van der Waals surface area contributed by atoms with Gasteiger partial charge in [-0.1, -0.05) is 13.0 Å². The van der Waals surface area contributed by atoms with Crippen LogP contribution in [0.4, 0.5) is 0 Å². The van der Waals surface area contributed by atoms with E-state index in [9.17, 15) is 4.79 Å². The van der Waals surface area contributed by atoms with Crippen LogP contribution in [0.15, 0.2) is 12.2 Å². The van der Waals surface area contributed by atoms with E-state index < -0.39 is 0 Å². The number of ether oxygens (including phenoxy) is 1. The first kappa shape index (κ1) is 11.8. The Balaban J connectivity index is 1.77. The monoisotopic (exact) mass is 223 g/mol. The van der Waals surface area contributed by atoms with Crippen LogP contribution >= 0.6 is 0 Å². The molecule has 0 aliphatic carbocycles. The number of allylic oxidation sites excluding steroid dienone is 1. The SMILES string of the molecule is CCC(=O)/C=C/CN1CCC2COC(C2)C1. The molecule has 0 aromatic carbocycles. The van der Waals surface area contributed by atoms with Crippen LogP contribution < -0.4 is 0 Å². The summed E-state index contributed by atoms with van der Waals surface area (Å²) in [6.45, 7) is 5.92. The van der Waals surface area contributed by atoms with Crippen LogP contribution in [0, 0.1) is 5.92 Å². The molecule has 0 amide bonds. The molecule has 2 saturated heterocycles. The molecule has 3 nitrogen and oxygen atoms in total. The third-order valence-corrected chi connectivity index (χ3v) is 3.50. The Morgan fingerprint density at radius 1 is 1.56 bits per heavy atom. The molecular weight excluding hydrogens is 202 g/mol. The second-order valence-electron chi connectivity index (χ2n) is 4.83. The summed E-state index contributed by atoms with van der Waals surface area (Å²) in [7, 11) is 0. The predicted molar refractivity (Wildman–Crippen MR) is 63.3 cm³/mol. The zero-order chi connectivity index (χ0) is 11.4. The van der Waals surface area contributed by atoms with Gasteiger partial charge in [0.1, 0.15) is 0 Å². The Hall–Kier alpha value is -0.670. The summed E-state index contributed by atoms with van der Waals surface area (Å²) in [4.78, 5) is 13.5. The zero-order valence-corrected chi connectivity index (χ0v) is 10.0. The molecule has 2 fully saturated rings. The van der Waals surface area contributed by atoms with Crippen molar-refractivity contribution in [3.05, 3.63) is 12.2 Å². The molecule has 0 saturated carbocycles. The highest BCUT2D eigenvalue weighted by atomic mass is 16.5. The molecule has 0 spiro atoms. The van der Waals surface area contributed by atoms with Gasteiger partial charge in [-0.15, -0.1) is 0 Å². The maximum absolute atomic E-state index is 11.1. The van der Waals surface area contributed by atoms with E-state index in [2.05, 4.69) is 4.90 Å². The fourth-order valence-electron chi connectivity index (χ4n) is 2.47. The van der Waals surface area contributed by atoms with E-state index in [0.717, 1.165) is 32.2 Å². The van der Waals surface area contributed by atoms with E-state index in [1.165, 1.54) is 12.8 Å². The summed E-state index contributed by atoms with van der Waals surface area (Å²) in [5.74, 6) is 0.990. The second-order valence-corrected chi connectivity index (χ2v) is 4.83. The first-order valence-corrected chi connectivity index (χ1v) is 6.31. The van der Waals surface area contributed by atoms with Crippen molar-refractivity contribution in [3.63, 3.8) is 0 Å². The van der Waals surface area contributed by atoms with E-state index in [1.54, 1.807) is 6.08 Å².